The van der Waals surface area contributed by atoms with Crippen LogP contribution in [0, 0.1) is 0 Å². The highest BCUT2D eigenvalue weighted by atomic mass is 16.6. The van der Waals surface area contributed by atoms with E-state index in [4.69, 9.17) is 16.2 Å². The molecule has 0 radical (unpaired) electrons. The quantitative estimate of drug-likeness (QED) is 0.828. The average molecular weight is 292 g/mol. The van der Waals surface area contributed by atoms with Gasteiger partial charge in [-0.3, -0.25) is 0 Å². The predicted octanol–water partition coefficient (Wildman–Crippen LogP) is 2.36. The maximum absolute atomic E-state index is 12.0. The highest BCUT2D eigenvalue weighted by Crippen LogP contribution is 2.33. The van der Waals surface area contributed by atoms with Crippen molar-refractivity contribution in [3.05, 3.63) is 17.8 Å². The number of likely N-dealkylation sites (tertiary alicyclic amines) is 1. The smallest absolute Gasteiger partial charge is 0.410 e. The van der Waals surface area contributed by atoms with E-state index in [-0.39, 0.29) is 6.09 Å². The molecule has 1 fully saturated rings. The minimum absolute atomic E-state index is 0.247. The molecule has 2 heterocycles. The van der Waals surface area contributed by atoms with E-state index in [0.717, 1.165) is 18.4 Å². The maximum atomic E-state index is 12.0. The zero-order chi connectivity index (χ0) is 15.6. The Morgan fingerprint density at radius 3 is 2.52 bits per heavy atom. The first-order valence-corrected chi connectivity index (χ1v) is 7.25. The minimum atomic E-state index is -0.460. The van der Waals surface area contributed by atoms with Crippen LogP contribution in [0.3, 0.4) is 0 Å². The molecule has 0 atom stereocenters. The fourth-order valence-electron chi connectivity index (χ4n) is 2.56. The van der Waals surface area contributed by atoms with E-state index in [2.05, 4.69) is 4.98 Å². The van der Waals surface area contributed by atoms with E-state index in [0.29, 0.717) is 30.5 Å². The number of anilines is 2. The van der Waals surface area contributed by atoms with Crippen molar-refractivity contribution in [1.29, 1.82) is 0 Å². The first kappa shape index (κ1) is 15.4. The fourth-order valence-corrected chi connectivity index (χ4v) is 2.56. The lowest BCUT2D eigenvalue weighted by Crippen LogP contribution is -2.41. The van der Waals surface area contributed by atoms with Crippen molar-refractivity contribution in [2.24, 2.45) is 0 Å². The highest BCUT2D eigenvalue weighted by molar-refractivity contribution is 5.68. The van der Waals surface area contributed by atoms with Gasteiger partial charge in [0.05, 0.1) is 5.69 Å². The van der Waals surface area contributed by atoms with Crippen LogP contribution in [0.1, 0.15) is 45.1 Å². The second-order valence-corrected chi connectivity index (χ2v) is 6.44. The third-order valence-corrected chi connectivity index (χ3v) is 3.64. The Kier molecular flexibility index (Phi) is 4.25. The summed E-state index contributed by atoms with van der Waals surface area (Å²) in [5.41, 5.74) is 12.9. The first-order chi connectivity index (χ1) is 9.78. The van der Waals surface area contributed by atoms with Crippen LogP contribution in [0.15, 0.2) is 12.3 Å². The molecule has 1 aromatic heterocycles. The van der Waals surface area contributed by atoms with Gasteiger partial charge in [-0.15, -0.1) is 0 Å². The number of carbonyl (C=O) groups is 1. The molecule has 1 aliphatic heterocycles. The van der Waals surface area contributed by atoms with E-state index >= 15 is 0 Å². The summed E-state index contributed by atoms with van der Waals surface area (Å²) in [5.74, 6) is 0.691. The molecule has 1 amide bonds. The van der Waals surface area contributed by atoms with Crippen molar-refractivity contribution >= 4 is 17.6 Å². The van der Waals surface area contributed by atoms with Crippen LogP contribution in [0.5, 0.6) is 0 Å². The van der Waals surface area contributed by atoms with Gasteiger partial charge < -0.3 is 21.1 Å². The van der Waals surface area contributed by atoms with Crippen LogP contribution in [0.25, 0.3) is 0 Å². The average Bonchev–Trinajstić information content (AvgIpc) is 2.40. The van der Waals surface area contributed by atoms with Crippen molar-refractivity contribution < 1.29 is 9.53 Å². The van der Waals surface area contributed by atoms with Crippen LogP contribution < -0.4 is 11.5 Å². The van der Waals surface area contributed by atoms with Crippen LogP contribution in [-0.2, 0) is 4.74 Å². The van der Waals surface area contributed by atoms with Gasteiger partial charge >= 0.3 is 6.09 Å². The van der Waals surface area contributed by atoms with Gasteiger partial charge in [0.1, 0.15) is 11.4 Å². The van der Waals surface area contributed by atoms with Gasteiger partial charge in [0.15, 0.2) is 0 Å². The summed E-state index contributed by atoms with van der Waals surface area (Å²) in [5, 5.41) is 0. The minimum Gasteiger partial charge on any atom is -0.444 e. The van der Waals surface area contributed by atoms with Gasteiger partial charge in [-0.05, 0) is 51.2 Å². The number of piperidine rings is 1. The van der Waals surface area contributed by atoms with Gasteiger partial charge in [0.25, 0.3) is 0 Å². The number of rotatable bonds is 1. The number of carbonyl (C=O) groups excluding carboxylic acids is 1. The number of pyridine rings is 1. The van der Waals surface area contributed by atoms with Gasteiger partial charge in [-0.1, -0.05) is 0 Å². The molecule has 0 unspecified atom stereocenters. The molecule has 0 aromatic carbocycles. The zero-order valence-electron chi connectivity index (χ0n) is 12.9. The molecule has 21 heavy (non-hydrogen) atoms. The number of aromatic nitrogens is 1. The number of nitrogen functional groups attached to an aromatic ring is 2. The Morgan fingerprint density at radius 1 is 1.33 bits per heavy atom. The standard InChI is InChI=1S/C15H24N4O2/c1-15(2,3)21-14(20)19-8-5-10(6-9-19)11-4-7-18-13(17)12(11)16/h4,7,10H,5-6,8-9,16H2,1-3H3,(H2,17,18). The van der Waals surface area contributed by atoms with Crippen LogP contribution in [0.2, 0.25) is 0 Å². The fraction of sp³-hybridized carbons (Fsp3) is 0.600. The second kappa shape index (κ2) is 5.79. The predicted molar refractivity (Wildman–Crippen MR) is 82.8 cm³/mol. The van der Waals surface area contributed by atoms with Gasteiger partial charge in [0.2, 0.25) is 0 Å². The van der Waals surface area contributed by atoms with Crippen molar-refractivity contribution in [3.63, 3.8) is 0 Å². The summed E-state index contributed by atoms with van der Waals surface area (Å²) in [6.45, 7) is 6.96. The normalized spacial score (nSPS) is 16.8. The SMILES string of the molecule is CC(C)(C)OC(=O)N1CCC(c2ccnc(N)c2N)CC1. The monoisotopic (exact) mass is 292 g/mol. The number of hydrogen-bond donors (Lipinski definition) is 2. The number of ether oxygens (including phenoxy) is 1. The van der Waals surface area contributed by atoms with Gasteiger partial charge in [-0.2, -0.15) is 0 Å². The number of hydrogen-bond acceptors (Lipinski definition) is 5. The summed E-state index contributed by atoms with van der Waals surface area (Å²) in [6, 6.07) is 1.92. The van der Waals surface area contributed by atoms with Gasteiger partial charge in [0, 0.05) is 19.3 Å². The zero-order valence-corrected chi connectivity index (χ0v) is 12.9. The highest BCUT2D eigenvalue weighted by Gasteiger charge is 2.28. The van der Waals surface area contributed by atoms with E-state index in [1.807, 2.05) is 26.8 Å². The summed E-state index contributed by atoms with van der Waals surface area (Å²) in [6.07, 6.45) is 3.14. The second-order valence-electron chi connectivity index (χ2n) is 6.44. The molecule has 0 saturated carbocycles. The molecule has 0 spiro atoms. The molecule has 0 bridgehead atoms. The Balaban J connectivity index is 1.97. The molecular weight excluding hydrogens is 268 g/mol. The summed E-state index contributed by atoms with van der Waals surface area (Å²) < 4.78 is 5.39. The molecule has 1 saturated heterocycles. The molecule has 1 aromatic rings. The van der Waals surface area contributed by atoms with Crippen molar-refractivity contribution in [2.45, 2.75) is 45.1 Å². The molecule has 0 aliphatic carbocycles. The maximum Gasteiger partial charge on any atom is 0.410 e. The Hall–Kier alpha value is -1.98. The van der Waals surface area contributed by atoms with Crippen LogP contribution >= 0.6 is 0 Å². The number of nitrogens with zero attached hydrogens (tertiary/aromatic N) is 2. The molecule has 6 heteroatoms. The van der Waals surface area contributed by atoms with E-state index in [1.54, 1.807) is 11.1 Å². The number of nitrogens with two attached hydrogens (primary N) is 2. The summed E-state index contributed by atoms with van der Waals surface area (Å²) >= 11 is 0. The number of amides is 1. The van der Waals surface area contributed by atoms with Crippen LogP contribution in [0.4, 0.5) is 16.3 Å². The Labute approximate surface area is 125 Å². The van der Waals surface area contributed by atoms with Crippen molar-refractivity contribution in [1.82, 2.24) is 9.88 Å². The molecular formula is C15H24N4O2. The van der Waals surface area contributed by atoms with Crippen LogP contribution in [-0.4, -0.2) is 34.7 Å². The molecule has 1 aliphatic rings. The molecule has 6 nitrogen and oxygen atoms in total. The first-order valence-electron chi connectivity index (χ1n) is 7.25. The Morgan fingerprint density at radius 2 is 1.95 bits per heavy atom. The Bertz CT molecular complexity index is 517. The third kappa shape index (κ3) is 3.77. The van der Waals surface area contributed by atoms with E-state index in [9.17, 15) is 4.79 Å². The molecule has 2 rings (SSSR count). The largest absolute Gasteiger partial charge is 0.444 e. The topological polar surface area (TPSA) is 94.5 Å². The lowest BCUT2D eigenvalue weighted by atomic mass is 9.89. The lowest BCUT2D eigenvalue weighted by Gasteiger charge is -2.34. The van der Waals surface area contributed by atoms with Crippen molar-refractivity contribution in [2.75, 3.05) is 24.6 Å². The summed E-state index contributed by atoms with van der Waals surface area (Å²) in [4.78, 5) is 17.8. The van der Waals surface area contributed by atoms with E-state index < -0.39 is 5.60 Å². The van der Waals surface area contributed by atoms with E-state index in [1.165, 1.54) is 0 Å². The third-order valence-electron chi connectivity index (χ3n) is 3.64. The van der Waals surface area contributed by atoms with Gasteiger partial charge in [-0.25, -0.2) is 9.78 Å². The van der Waals surface area contributed by atoms with Crippen molar-refractivity contribution in [3.8, 4) is 0 Å². The summed E-state index contributed by atoms with van der Waals surface area (Å²) in [7, 11) is 0. The lowest BCUT2D eigenvalue weighted by molar-refractivity contribution is 0.0205. The molecule has 4 N–H and O–H groups in total. The molecule has 116 valence electrons.